The van der Waals surface area contributed by atoms with Crippen LogP contribution in [0.1, 0.15) is 32.1 Å². The highest BCUT2D eigenvalue weighted by atomic mass is 16.5. The summed E-state index contributed by atoms with van der Waals surface area (Å²) in [4.78, 5) is 12.0. The van der Waals surface area contributed by atoms with E-state index in [9.17, 15) is 4.79 Å². The topological polar surface area (TPSA) is 64.3 Å². The van der Waals surface area contributed by atoms with Gasteiger partial charge in [-0.15, -0.1) is 0 Å². The SMILES string of the molecule is COc1ccccc1NC(=O)CC1(N)CCCC1. The predicted octanol–water partition coefficient (Wildman–Crippen LogP) is 2.30. The first kappa shape index (κ1) is 12.9. The van der Waals surface area contributed by atoms with Gasteiger partial charge in [0.15, 0.2) is 0 Å². The zero-order valence-corrected chi connectivity index (χ0v) is 10.7. The molecule has 0 heterocycles. The van der Waals surface area contributed by atoms with Crippen LogP contribution < -0.4 is 15.8 Å². The van der Waals surface area contributed by atoms with E-state index in [1.807, 2.05) is 24.3 Å². The van der Waals surface area contributed by atoms with Crippen LogP contribution in [-0.2, 0) is 4.79 Å². The molecule has 1 fully saturated rings. The van der Waals surface area contributed by atoms with E-state index in [2.05, 4.69) is 5.32 Å². The summed E-state index contributed by atoms with van der Waals surface area (Å²) in [6.45, 7) is 0. The molecule has 1 aliphatic carbocycles. The van der Waals surface area contributed by atoms with E-state index in [0.717, 1.165) is 25.7 Å². The van der Waals surface area contributed by atoms with Crippen molar-refractivity contribution in [1.82, 2.24) is 0 Å². The molecule has 0 aromatic heterocycles. The zero-order chi connectivity index (χ0) is 13.0. The third-order valence-corrected chi connectivity index (χ3v) is 3.49. The monoisotopic (exact) mass is 248 g/mol. The van der Waals surface area contributed by atoms with Gasteiger partial charge in [-0.1, -0.05) is 25.0 Å². The van der Waals surface area contributed by atoms with Crippen molar-refractivity contribution in [1.29, 1.82) is 0 Å². The Balaban J connectivity index is 1.98. The Kier molecular flexibility index (Phi) is 3.87. The molecule has 0 atom stereocenters. The van der Waals surface area contributed by atoms with Gasteiger partial charge in [0.2, 0.25) is 5.91 Å². The van der Waals surface area contributed by atoms with Crippen molar-refractivity contribution < 1.29 is 9.53 Å². The second-order valence-corrected chi connectivity index (χ2v) is 4.99. The summed E-state index contributed by atoms with van der Waals surface area (Å²) in [6.07, 6.45) is 4.50. The number of benzene rings is 1. The zero-order valence-electron chi connectivity index (χ0n) is 10.7. The van der Waals surface area contributed by atoms with Crippen LogP contribution in [0, 0.1) is 0 Å². The lowest BCUT2D eigenvalue weighted by atomic mass is 9.94. The molecular weight excluding hydrogens is 228 g/mol. The number of anilines is 1. The lowest BCUT2D eigenvalue weighted by molar-refractivity contribution is -0.117. The number of nitrogens with one attached hydrogen (secondary N) is 1. The Morgan fingerprint density at radius 1 is 1.39 bits per heavy atom. The van der Waals surface area contributed by atoms with Crippen LogP contribution in [0.3, 0.4) is 0 Å². The van der Waals surface area contributed by atoms with E-state index in [1.165, 1.54) is 0 Å². The van der Waals surface area contributed by atoms with Gasteiger partial charge < -0.3 is 15.8 Å². The standard InChI is InChI=1S/C14H20N2O2/c1-18-12-7-3-2-6-11(12)16-13(17)10-14(15)8-4-5-9-14/h2-3,6-7H,4-5,8-10,15H2,1H3,(H,16,17). The summed E-state index contributed by atoms with van der Waals surface area (Å²) in [6, 6.07) is 7.39. The highest BCUT2D eigenvalue weighted by Gasteiger charge is 2.31. The molecule has 0 saturated heterocycles. The average molecular weight is 248 g/mol. The molecule has 2 rings (SSSR count). The average Bonchev–Trinajstić information content (AvgIpc) is 2.76. The maximum Gasteiger partial charge on any atom is 0.226 e. The van der Waals surface area contributed by atoms with E-state index in [-0.39, 0.29) is 11.4 Å². The van der Waals surface area contributed by atoms with Crippen LogP contribution in [0.2, 0.25) is 0 Å². The first-order valence-electron chi connectivity index (χ1n) is 6.35. The molecule has 1 aromatic rings. The van der Waals surface area contributed by atoms with Crippen molar-refractivity contribution in [2.24, 2.45) is 5.73 Å². The number of amides is 1. The van der Waals surface area contributed by atoms with E-state index >= 15 is 0 Å². The smallest absolute Gasteiger partial charge is 0.226 e. The molecule has 3 N–H and O–H groups in total. The first-order chi connectivity index (χ1) is 8.63. The van der Waals surface area contributed by atoms with Gasteiger partial charge in [-0.3, -0.25) is 4.79 Å². The van der Waals surface area contributed by atoms with Gasteiger partial charge in [0.1, 0.15) is 5.75 Å². The molecule has 1 amide bonds. The van der Waals surface area contributed by atoms with E-state index in [1.54, 1.807) is 7.11 Å². The molecule has 4 heteroatoms. The Hall–Kier alpha value is -1.55. The minimum absolute atomic E-state index is 0.0381. The van der Waals surface area contributed by atoms with E-state index < -0.39 is 0 Å². The van der Waals surface area contributed by atoms with Gasteiger partial charge in [-0.2, -0.15) is 0 Å². The normalized spacial score (nSPS) is 17.4. The maximum atomic E-state index is 12.0. The van der Waals surface area contributed by atoms with Gasteiger partial charge in [0.05, 0.1) is 12.8 Å². The van der Waals surface area contributed by atoms with Crippen LogP contribution in [-0.4, -0.2) is 18.6 Å². The molecule has 0 radical (unpaired) electrons. The third kappa shape index (κ3) is 3.01. The first-order valence-corrected chi connectivity index (χ1v) is 6.35. The summed E-state index contributed by atoms with van der Waals surface area (Å²) in [7, 11) is 1.59. The molecule has 4 nitrogen and oxygen atoms in total. The number of methoxy groups -OCH3 is 1. The quantitative estimate of drug-likeness (QED) is 0.859. The Bertz CT molecular complexity index is 426. The minimum atomic E-state index is -0.313. The van der Waals surface area contributed by atoms with Crippen LogP contribution in [0.15, 0.2) is 24.3 Å². The molecule has 0 aliphatic heterocycles. The third-order valence-electron chi connectivity index (χ3n) is 3.49. The van der Waals surface area contributed by atoms with Crippen LogP contribution in [0.25, 0.3) is 0 Å². The number of carbonyl (C=O) groups is 1. The number of hydrogen-bond acceptors (Lipinski definition) is 3. The van der Waals surface area contributed by atoms with Gasteiger partial charge in [-0.05, 0) is 25.0 Å². The molecular formula is C14H20N2O2. The van der Waals surface area contributed by atoms with Crippen molar-refractivity contribution in [3.63, 3.8) is 0 Å². The molecule has 0 bridgehead atoms. The van der Waals surface area contributed by atoms with Gasteiger partial charge in [0, 0.05) is 12.0 Å². The number of carbonyl (C=O) groups excluding carboxylic acids is 1. The molecule has 1 aromatic carbocycles. The number of hydrogen-bond donors (Lipinski definition) is 2. The fourth-order valence-corrected chi connectivity index (χ4v) is 2.52. The molecule has 18 heavy (non-hydrogen) atoms. The van der Waals surface area contributed by atoms with Crippen molar-refractivity contribution >= 4 is 11.6 Å². The van der Waals surface area contributed by atoms with Crippen molar-refractivity contribution in [3.8, 4) is 5.75 Å². The largest absolute Gasteiger partial charge is 0.495 e. The summed E-state index contributed by atoms with van der Waals surface area (Å²) in [5.41, 5.74) is 6.58. The number of nitrogens with two attached hydrogens (primary N) is 1. The number of ether oxygens (including phenoxy) is 1. The second kappa shape index (κ2) is 5.40. The Morgan fingerprint density at radius 2 is 2.06 bits per heavy atom. The summed E-state index contributed by atoms with van der Waals surface area (Å²) >= 11 is 0. The van der Waals surface area contributed by atoms with Crippen LogP contribution >= 0.6 is 0 Å². The predicted molar refractivity (Wildman–Crippen MR) is 71.6 cm³/mol. The molecule has 0 unspecified atom stereocenters. The van der Waals surface area contributed by atoms with Gasteiger partial charge in [0.25, 0.3) is 0 Å². The molecule has 1 aliphatic rings. The lowest BCUT2D eigenvalue weighted by Gasteiger charge is -2.22. The molecule has 98 valence electrons. The van der Waals surface area contributed by atoms with Crippen molar-refractivity contribution in [3.05, 3.63) is 24.3 Å². The number of para-hydroxylation sites is 2. The van der Waals surface area contributed by atoms with E-state index in [0.29, 0.717) is 17.9 Å². The van der Waals surface area contributed by atoms with Crippen LogP contribution in [0.5, 0.6) is 5.75 Å². The minimum Gasteiger partial charge on any atom is -0.495 e. The lowest BCUT2D eigenvalue weighted by Crippen LogP contribution is -2.40. The van der Waals surface area contributed by atoms with Crippen LogP contribution in [0.4, 0.5) is 5.69 Å². The summed E-state index contributed by atoms with van der Waals surface area (Å²) < 4.78 is 5.20. The fraction of sp³-hybridized carbons (Fsp3) is 0.500. The fourth-order valence-electron chi connectivity index (χ4n) is 2.52. The van der Waals surface area contributed by atoms with Crippen molar-refractivity contribution in [2.75, 3.05) is 12.4 Å². The van der Waals surface area contributed by atoms with Crippen molar-refractivity contribution in [2.45, 2.75) is 37.6 Å². The number of rotatable bonds is 4. The summed E-state index contributed by atoms with van der Waals surface area (Å²) in [5.74, 6) is 0.632. The van der Waals surface area contributed by atoms with Gasteiger partial charge >= 0.3 is 0 Å². The second-order valence-electron chi connectivity index (χ2n) is 4.99. The van der Waals surface area contributed by atoms with Gasteiger partial charge in [-0.25, -0.2) is 0 Å². The summed E-state index contributed by atoms with van der Waals surface area (Å²) in [5, 5.41) is 2.87. The van der Waals surface area contributed by atoms with E-state index in [4.69, 9.17) is 10.5 Å². The molecule has 0 spiro atoms. The Morgan fingerprint density at radius 3 is 2.72 bits per heavy atom. The highest BCUT2D eigenvalue weighted by Crippen LogP contribution is 2.31. The molecule has 1 saturated carbocycles. The maximum absolute atomic E-state index is 12.0. The highest BCUT2D eigenvalue weighted by molar-refractivity contribution is 5.93. The Labute approximate surface area is 108 Å².